The van der Waals surface area contributed by atoms with Crippen molar-refractivity contribution in [2.24, 2.45) is 11.3 Å². The van der Waals surface area contributed by atoms with Crippen molar-refractivity contribution in [1.82, 2.24) is 15.2 Å². The minimum absolute atomic E-state index is 0.0604. The lowest BCUT2D eigenvalue weighted by molar-refractivity contribution is -0.156. The van der Waals surface area contributed by atoms with Gasteiger partial charge in [0.2, 0.25) is 11.8 Å². The van der Waals surface area contributed by atoms with Crippen molar-refractivity contribution in [3.05, 3.63) is 70.9 Å². The molecule has 1 fully saturated rings. The molecule has 2 amide bonds. The van der Waals surface area contributed by atoms with Crippen LogP contribution in [0.5, 0.6) is 0 Å². The number of aromatic nitrogens is 1. The number of fused-ring (bicyclic) bond motifs is 1. The maximum atomic E-state index is 13.6. The number of H-pyrrole nitrogens is 1. The molecular weight excluding hydrogens is 474 g/mol. The fourth-order valence-corrected chi connectivity index (χ4v) is 5.44. The van der Waals surface area contributed by atoms with Gasteiger partial charge in [0.25, 0.3) is 0 Å². The Morgan fingerprint density at radius 1 is 1.14 bits per heavy atom. The predicted molar refractivity (Wildman–Crippen MR) is 144 cm³/mol. The summed E-state index contributed by atoms with van der Waals surface area (Å²) in [6.45, 7) is 8.65. The molecule has 3 N–H and O–H groups in total. The van der Waals surface area contributed by atoms with Gasteiger partial charge in [0.1, 0.15) is 6.04 Å². The number of aromatic amines is 1. The van der Waals surface area contributed by atoms with Crippen LogP contribution in [-0.2, 0) is 21.6 Å². The first kappa shape index (κ1) is 26.2. The maximum absolute atomic E-state index is 13.6. The molecule has 0 spiro atoms. The van der Waals surface area contributed by atoms with Gasteiger partial charge in [-0.05, 0) is 48.1 Å². The van der Waals surface area contributed by atoms with E-state index in [1.54, 1.807) is 17.0 Å². The first-order valence-corrected chi connectivity index (χ1v) is 13.0. The zero-order valence-corrected chi connectivity index (χ0v) is 22.2. The monoisotopic (exact) mass is 509 g/mol. The summed E-state index contributed by atoms with van der Waals surface area (Å²) >= 11 is 6.04. The SMILES string of the molecule is CC(C)[C@@H](NC(=O)CCc1c[nH]c2ccccc12)C(=O)N1CC[C@](O)(c2ccc(Cl)cc2)C(C)(C)C1. The largest absolute Gasteiger partial charge is 0.384 e. The molecular formula is C29H36ClN3O3. The molecule has 0 unspecified atom stereocenters. The highest BCUT2D eigenvalue weighted by atomic mass is 35.5. The fourth-order valence-electron chi connectivity index (χ4n) is 5.31. The summed E-state index contributed by atoms with van der Waals surface area (Å²) < 4.78 is 0. The molecule has 4 rings (SSSR count). The average Bonchev–Trinajstić information content (AvgIpc) is 3.26. The summed E-state index contributed by atoms with van der Waals surface area (Å²) in [4.78, 5) is 31.5. The van der Waals surface area contributed by atoms with E-state index in [0.29, 0.717) is 37.4 Å². The minimum Gasteiger partial charge on any atom is -0.384 e. The van der Waals surface area contributed by atoms with E-state index in [1.165, 1.54) is 0 Å². The summed E-state index contributed by atoms with van der Waals surface area (Å²) in [5, 5.41) is 16.4. The highest BCUT2D eigenvalue weighted by molar-refractivity contribution is 6.30. The van der Waals surface area contributed by atoms with Crippen molar-refractivity contribution in [2.45, 2.75) is 58.6 Å². The molecule has 1 aliphatic heterocycles. The van der Waals surface area contributed by atoms with E-state index < -0.39 is 17.1 Å². The van der Waals surface area contributed by atoms with E-state index in [9.17, 15) is 14.7 Å². The number of nitrogens with one attached hydrogen (secondary N) is 2. The number of piperidine rings is 1. The molecule has 6 nitrogen and oxygen atoms in total. The van der Waals surface area contributed by atoms with Crippen LogP contribution in [0, 0.1) is 11.3 Å². The van der Waals surface area contributed by atoms with Gasteiger partial charge in [-0.2, -0.15) is 0 Å². The topological polar surface area (TPSA) is 85.4 Å². The normalized spacial score (nSPS) is 20.5. The van der Waals surface area contributed by atoms with Gasteiger partial charge in [0.15, 0.2) is 0 Å². The van der Waals surface area contributed by atoms with Crippen LogP contribution in [0.2, 0.25) is 5.02 Å². The van der Waals surface area contributed by atoms with E-state index in [-0.39, 0.29) is 17.7 Å². The molecule has 1 aliphatic rings. The van der Waals surface area contributed by atoms with Gasteiger partial charge >= 0.3 is 0 Å². The van der Waals surface area contributed by atoms with Crippen molar-refractivity contribution < 1.29 is 14.7 Å². The van der Waals surface area contributed by atoms with Gasteiger partial charge in [-0.3, -0.25) is 9.59 Å². The Morgan fingerprint density at radius 3 is 2.50 bits per heavy atom. The van der Waals surface area contributed by atoms with Crippen LogP contribution in [0.1, 0.15) is 51.7 Å². The van der Waals surface area contributed by atoms with Crippen LogP contribution in [0.15, 0.2) is 54.7 Å². The van der Waals surface area contributed by atoms with Gasteiger partial charge in [0, 0.05) is 47.0 Å². The first-order valence-electron chi connectivity index (χ1n) is 12.6. The van der Waals surface area contributed by atoms with Crippen molar-refractivity contribution in [3.8, 4) is 0 Å². The molecule has 192 valence electrons. The Balaban J connectivity index is 1.41. The molecule has 1 saturated heterocycles. The summed E-state index contributed by atoms with van der Waals surface area (Å²) in [6, 6.07) is 14.7. The Bertz CT molecular complexity index is 1230. The molecule has 36 heavy (non-hydrogen) atoms. The zero-order valence-electron chi connectivity index (χ0n) is 21.5. The number of aryl methyl sites for hydroxylation is 1. The molecule has 1 aromatic heterocycles. The van der Waals surface area contributed by atoms with Crippen molar-refractivity contribution in [2.75, 3.05) is 13.1 Å². The number of carbonyl (C=O) groups excluding carboxylic acids is 2. The molecule has 0 radical (unpaired) electrons. The molecule has 2 atom stereocenters. The molecule has 3 aromatic rings. The quantitative estimate of drug-likeness (QED) is 0.417. The highest BCUT2D eigenvalue weighted by Gasteiger charge is 2.50. The molecule has 0 bridgehead atoms. The first-order chi connectivity index (χ1) is 17.0. The lowest BCUT2D eigenvalue weighted by Gasteiger charge is -2.51. The van der Waals surface area contributed by atoms with Crippen molar-refractivity contribution in [3.63, 3.8) is 0 Å². The summed E-state index contributed by atoms with van der Waals surface area (Å²) in [5.74, 6) is -0.298. The summed E-state index contributed by atoms with van der Waals surface area (Å²) in [6.07, 6.45) is 3.26. The van der Waals surface area contributed by atoms with Gasteiger partial charge in [0.05, 0.1) is 5.60 Å². The van der Waals surface area contributed by atoms with E-state index in [2.05, 4.69) is 10.3 Å². The number of hydrogen-bond acceptors (Lipinski definition) is 3. The second-order valence-electron chi connectivity index (χ2n) is 10.9. The fraction of sp³-hybridized carbons (Fsp3) is 0.448. The number of para-hydroxylation sites is 1. The third-order valence-electron chi connectivity index (χ3n) is 7.63. The lowest BCUT2D eigenvalue weighted by atomic mass is 9.66. The molecule has 0 saturated carbocycles. The van der Waals surface area contributed by atoms with E-state index in [0.717, 1.165) is 22.0 Å². The van der Waals surface area contributed by atoms with E-state index >= 15 is 0 Å². The zero-order chi connectivity index (χ0) is 26.1. The second-order valence-corrected chi connectivity index (χ2v) is 11.3. The molecule has 2 aromatic carbocycles. The second kappa shape index (κ2) is 10.3. The van der Waals surface area contributed by atoms with Crippen molar-refractivity contribution >= 4 is 34.3 Å². The van der Waals surface area contributed by atoms with Crippen LogP contribution < -0.4 is 5.32 Å². The Labute approximate surface area is 218 Å². The molecule has 2 heterocycles. The van der Waals surface area contributed by atoms with Crippen molar-refractivity contribution in [1.29, 1.82) is 0 Å². The van der Waals surface area contributed by atoms with Gasteiger partial charge in [-0.25, -0.2) is 0 Å². The van der Waals surface area contributed by atoms with Crippen LogP contribution in [0.25, 0.3) is 10.9 Å². The number of aliphatic hydroxyl groups is 1. The lowest BCUT2D eigenvalue weighted by Crippen LogP contribution is -2.60. The van der Waals surface area contributed by atoms with Gasteiger partial charge in [-0.1, -0.05) is 69.6 Å². The van der Waals surface area contributed by atoms with Crippen LogP contribution in [0.4, 0.5) is 0 Å². The number of halogens is 1. The van der Waals surface area contributed by atoms with Crippen LogP contribution in [0.3, 0.4) is 0 Å². The average molecular weight is 510 g/mol. The van der Waals surface area contributed by atoms with E-state index in [4.69, 9.17) is 11.6 Å². The summed E-state index contributed by atoms with van der Waals surface area (Å²) in [5.41, 5.74) is 1.27. The Kier molecular flexibility index (Phi) is 7.48. The number of nitrogens with zero attached hydrogens (tertiary/aromatic N) is 1. The summed E-state index contributed by atoms with van der Waals surface area (Å²) in [7, 11) is 0. The highest BCUT2D eigenvalue weighted by Crippen LogP contribution is 2.46. The van der Waals surface area contributed by atoms with Gasteiger partial charge < -0.3 is 20.3 Å². The number of likely N-dealkylation sites (tertiary alicyclic amines) is 1. The third-order valence-corrected chi connectivity index (χ3v) is 7.88. The van der Waals surface area contributed by atoms with Crippen LogP contribution >= 0.6 is 11.6 Å². The number of hydrogen-bond donors (Lipinski definition) is 3. The number of amides is 2. The number of benzene rings is 2. The molecule has 7 heteroatoms. The van der Waals surface area contributed by atoms with Gasteiger partial charge in [-0.15, -0.1) is 0 Å². The number of carbonyl (C=O) groups is 2. The number of rotatable bonds is 7. The third kappa shape index (κ3) is 5.16. The standard InChI is InChI=1S/C29H36ClN3O3/c1-19(2)26(32-25(34)14-9-20-17-31-24-8-6-5-7-23(20)24)27(35)33-16-15-29(36,28(3,4)18-33)21-10-12-22(30)13-11-21/h5-8,10-13,17,19,26,31,36H,9,14-16,18H2,1-4H3,(H,32,34)/t26-,29+/m1/s1. The minimum atomic E-state index is -1.08. The smallest absolute Gasteiger partial charge is 0.245 e. The predicted octanol–water partition coefficient (Wildman–Crippen LogP) is 5.04. The Morgan fingerprint density at radius 2 is 1.83 bits per heavy atom. The molecule has 0 aliphatic carbocycles. The van der Waals surface area contributed by atoms with Crippen LogP contribution in [-0.4, -0.2) is 45.9 Å². The maximum Gasteiger partial charge on any atom is 0.245 e. The Hall–Kier alpha value is -2.83. The van der Waals surface area contributed by atoms with E-state index in [1.807, 2.05) is 70.3 Å².